The molecule has 0 rings (SSSR count). The molecule has 0 heterocycles. The van der Waals surface area contributed by atoms with Gasteiger partial charge in [-0.25, -0.2) is 0 Å². The second-order valence-electron chi connectivity index (χ2n) is 6.25. The van der Waals surface area contributed by atoms with E-state index in [1.165, 1.54) is 13.8 Å². The number of carbonyl (C=O) groups excluding carboxylic acids is 3. The number of aliphatic hydroxyl groups excluding tert-OH is 1. The first kappa shape index (κ1) is 24.9. The van der Waals surface area contributed by atoms with Gasteiger partial charge in [0, 0.05) is 35.2 Å². The number of nitrogens with two attached hydrogens (primary N) is 1. The van der Waals surface area contributed by atoms with Crippen LogP contribution in [0.3, 0.4) is 0 Å². The van der Waals surface area contributed by atoms with E-state index < -0.39 is 31.7 Å². The summed E-state index contributed by atoms with van der Waals surface area (Å²) < 4.78 is 15.1. The summed E-state index contributed by atoms with van der Waals surface area (Å²) in [5.41, 5.74) is 4.33. The number of nitrogens with one attached hydrogen (secondary N) is 2. The Balaban J connectivity index is 4.03. The molecule has 150 valence electrons. The van der Waals surface area contributed by atoms with Crippen LogP contribution in [0.2, 0.25) is 0 Å². The molecule has 2 amide bonds. The maximum atomic E-state index is 11.9. The van der Waals surface area contributed by atoms with Crippen molar-refractivity contribution in [3.05, 3.63) is 0 Å². The molecule has 0 aromatic heterocycles. The second kappa shape index (κ2) is 12.3. The number of carbonyl (C=O) groups is 3. The third kappa shape index (κ3) is 10.8. The number of hydrogen-bond donors (Lipinski definition) is 5. The lowest BCUT2D eigenvalue weighted by Gasteiger charge is -2.26. The highest BCUT2D eigenvalue weighted by Gasteiger charge is 2.36. The molecule has 10 nitrogen and oxygen atoms in total. The van der Waals surface area contributed by atoms with E-state index in [9.17, 15) is 24.1 Å². The van der Waals surface area contributed by atoms with Gasteiger partial charge in [0.15, 0.2) is 0 Å². The van der Waals surface area contributed by atoms with E-state index in [1.54, 1.807) is 6.92 Å². The van der Waals surface area contributed by atoms with Gasteiger partial charge in [-0.2, -0.15) is 0 Å². The number of thioether (sulfide) groups is 1. The zero-order chi connectivity index (χ0) is 20.3. The summed E-state index contributed by atoms with van der Waals surface area (Å²) in [5, 5.41) is 14.8. The van der Waals surface area contributed by atoms with E-state index in [4.69, 9.17) is 10.6 Å². The second-order valence-corrected chi connectivity index (χ2v) is 8.08. The normalized spacial score (nSPS) is 14.3. The average Bonchev–Trinajstić information content (AvgIpc) is 2.55. The molecule has 0 fully saturated rings. The summed E-state index contributed by atoms with van der Waals surface area (Å²) in [7, 11) is -2.82. The molecule has 0 bridgehead atoms. The molecule has 0 aliphatic heterocycles. The molecule has 1 unspecified atom stereocenters. The van der Waals surface area contributed by atoms with Crippen molar-refractivity contribution in [2.24, 2.45) is 11.1 Å². The maximum Gasteiger partial charge on any atom is 0.694 e. The van der Waals surface area contributed by atoms with Crippen molar-refractivity contribution in [2.45, 2.75) is 39.3 Å². The van der Waals surface area contributed by atoms with Gasteiger partial charge in [0.25, 0.3) is 0 Å². The van der Waals surface area contributed by atoms with Crippen LogP contribution < -0.4 is 16.4 Å². The average molecular weight is 412 g/mol. The van der Waals surface area contributed by atoms with Gasteiger partial charge in [0.05, 0.1) is 6.04 Å². The van der Waals surface area contributed by atoms with E-state index in [2.05, 4.69) is 15.2 Å². The highest BCUT2D eigenvalue weighted by Crippen LogP contribution is 2.26. The molecule has 0 saturated heterocycles. The molecule has 3 atom stereocenters. The molecular weight excluding hydrogens is 385 g/mol. The Morgan fingerprint density at radius 2 is 1.88 bits per heavy atom. The lowest BCUT2D eigenvalue weighted by molar-refractivity contribution is -0.136. The molecule has 0 radical (unpaired) electrons. The third-order valence-electron chi connectivity index (χ3n) is 3.23. The lowest BCUT2D eigenvalue weighted by Crippen LogP contribution is -2.46. The molecule has 0 aromatic rings. The van der Waals surface area contributed by atoms with Gasteiger partial charge in [0.1, 0.15) is 12.7 Å². The van der Waals surface area contributed by atoms with E-state index in [0.29, 0.717) is 12.3 Å². The zero-order valence-electron chi connectivity index (χ0n) is 15.1. The Kier molecular flexibility index (Phi) is 11.8. The van der Waals surface area contributed by atoms with Crippen LogP contribution in [0, 0.1) is 5.41 Å². The molecule has 0 aliphatic carbocycles. The van der Waals surface area contributed by atoms with Gasteiger partial charge in [-0.15, -0.1) is 9.42 Å². The predicted molar refractivity (Wildman–Crippen MR) is 97.3 cm³/mol. The molecule has 0 aromatic carbocycles. The lowest BCUT2D eigenvalue weighted by atomic mass is 9.87. The summed E-state index contributed by atoms with van der Waals surface area (Å²) in [6.07, 6.45) is -1.47. The molecule has 0 spiro atoms. The standard InChI is InChI=1S/C14H26N3O7PS/c1-9(15)13(21)26-7-6-16-10(18)4-5-17-12(20)11(19)14(2,3)8-24-25(22)23/h9,11,19H,4-8,15H2,1-3H3,(H2-,16,17,18,20,22,23)/p+1/t9-,11-/m1/s1. The largest absolute Gasteiger partial charge is 0.694 e. The van der Waals surface area contributed by atoms with Gasteiger partial charge < -0.3 is 21.5 Å². The SMILES string of the molecule is C[C@@H](N)C(=O)SCCNC(=O)CCNC(=O)[C@@H](O)C(C)(C)CO[P+](=O)O. The van der Waals surface area contributed by atoms with Gasteiger partial charge in [-0.3, -0.25) is 14.4 Å². The first-order valence-corrected chi connectivity index (χ1v) is 10.0. The monoisotopic (exact) mass is 412 g/mol. The Labute approximate surface area is 157 Å². The minimum atomic E-state index is -2.82. The quantitative estimate of drug-likeness (QED) is 0.205. The molecule has 12 heteroatoms. The van der Waals surface area contributed by atoms with Gasteiger partial charge in [0.2, 0.25) is 16.9 Å². The number of hydrogen-bond acceptors (Lipinski definition) is 8. The number of amides is 2. The summed E-state index contributed by atoms with van der Waals surface area (Å²) in [6, 6.07) is -0.551. The van der Waals surface area contributed by atoms with Crippen LogP contribution in [-0.2, 0) is 23.5 Å². The highest BCUT2D eigenvalue weighted by molar-refractivity contribution is 8.13. The van der Waals surface area contributed by atoms with E-state index >= 15 is 0 Å². The molecular formula is C14H27N3O7PS+. The van der Waals surface area contributed by atoms with Crippen molar-refractivity contribution in [3.63, 3.8) is 0 Å². The molecule has 0 aliphatic rings. The predicted octanol–water partition coefficient (Wildman–Crippen LogP) is -0.731. The van der Waals surface area contributed by atoms with Crippen LogP contribution in [0.15, 0.2) is 0 Å². The van der Waals surface area contributed by atoms with Crippen LogP contribution in [-0.4, -0.2) is 64.5 Å². The van der Waals surface area contributed by atoms with Gasteiger partial charge in [-0.05, 0) is 6.92 Å². The topological polar surface area (TPSA) is 168 Å². The number of rotatable bonds is 12. The fraction of sp³-hybridized carbons (Fsp3) is 0.786. The third-order valence-corrected chi connectivity index (χ3v) is 4.64. The summed E-state index contributed by atoms with van der Waals surface area (Å²) in [5.74, 6) is -0.621. The van der Waals surface area contributed by atoms with Gasteiger partial charge >= 0.3 is 8.25 Å². The van der Waals surface area contributed by atoms with Crippen LogP contribution in [0.1, 0.15) is 27.2 Å². The van der Waals surface area contributed by atoms with Crippen LogP contribution >= 0.6 is 20.0 Å². The fourth-order valence-corrected chi connectivity index (χ4v) is 2.72. The minimum Gasteiger partial charge on any atom is -0.383 e. The Hall–Kier alpha value is -1.10. The summed E-state index contributed by atoms with van der Waals surface area (Å²) in [6.45, 7) is 4.61. The van der Waals surface area contributed by atoms with Crippen LogP contribution in [0.4, 0.5) is 0 Å². The van der Waals surface area contributed by atoms with E-state index in [-0.39, 0.29) is 30.6 Å². The van der Waals surface area contributed by atoms with Crippen molar-refractivity contribution < 1.29 is 33.5 Å². The van der Waals surface area contributed by atoms with Crippen molar-refractivity contribution in [3.8, 4) is 0 Å². The van der Waals surface area contributed by atoms with Crippen molar-refractivity contribution in [1.82, 2.24) is 10.6 Å². The first-order valence-electron chi connectivity index (χ1n) is 7.91. The van der Waals surface area contributed by atoms with Crippen LogP contribution in [0.5, 0.6) is 0 Å². The van der Waals surface area contributed by atoms with Crippen molar-refractivity contribution in [1.29, 1.82) is 0 Å². The summed E-state index contributed by atoms with van der Waals surface area (Å²) >= 11 is 1.04. The fourth-order valence-electron chi connectivity index (χ4n) is 1.61. The Bertz CT molecular complexity index is 517. The number of aliphatic hydroxyl groups is 1. The molecule has 26 heavy (non-hydrogen) atoms. The molecule has 0 saturated carbocycles. The van der Waals surface area contributed by atoms with E-state index in [1.807, 2.05) is 0 Å². The Morgan fingerprint density at radius 1 is 1.27 bits per heavy atom. The minimum absolute atomic E-state index is 0.00376. The smallest absolute Gasteiger partial charge is 0.383 e. The first-order chi connectivity index (χ1) is 12.0. The van der Waals surface area contributed by atoms with Gasteiger partial charge in [-0.1, -0.05) is 25.6 Å². The van der Waals surface area contributed by atoms with Crippen LogP contribution in [0.25, 0.3) is 0 Å². The van der Waals surface area contributed by atoms with E-state index in [0.717, 1.165) is 11.8 Å². The van der Waals surface area contributed by atoms with Crippen molar-refractivity contribution >= 4 is 36.9 Å². The summed E-state index contributed by atoms with van der Waals surface area (Å²) in [4.78, 5) is 43.4. The molecule has 6 N–H and O–H groups in total. The van der Waals surface area contributed by atoms with Crippen molar-refractivity contribution in [2.75, 3.05) is 25.4 Å². The highest BCUT2D eigenvalue weighted by atomic mass is 32.2. The Morgan fingerprint density at radius 3 is 2.42 bits per heavy atom. The zero-order valence-corrected chi connectivity index (χ0v) is 16.8. The maximum absolute atomic E-state index is 11.9.